The summed E-state index contributed by atoms with van der Waals surface area (Å²) in [6.07, 6.45) is 5.25. The number of nitrogens with zero attached hydrogens (tertiary/aromatic N) is 3. The van der Waals surface area contributed by atoms with E-state index in [0.29, 0.717) is 17.5 Å². The Morgan fingerprint density at radius 3 is 1.81 bits per heavy atom. The van der Waals surface area contributed by atoms with Gasteiger partial charge in [0.2, 0.25) is 0 Å². The molecule has 1 unspecified atom stereocenters. The van der Waals surface area contributed by atoms with Crippen LogP contribution < -0.4 is 0 Å². The molecule has 4 heteroatoms. The van der Waals surface area contributed by atoms with Crippen LogP contribution in [0.4, 0.5) is 0 Å². The Balaban J connectivity index is 1.21. The highest BCUT2D eigenvalue weighted by Crippen LogP contribution is 2.51. The van der Waals surface area contributed by atoms with Crippen LogP contribution in [0.5, 0.6) is 0 Å². The van der Waals surface area contributed by atoms with E-state index in [1.54, 1.807) is 0 Å². The van der Waals surface area contributed by atoms with Gasteiger partial charge in [0.15, 0.2) is 17.5 Å². The fraction of sp³-hybridized carbons (Fsp3) is 0.0465. The van der Waals surface area contributed by atoms with Gasteiger partial charge in [0, 0.05) is 33.6 Å². The van der Waals surface area contributed by atoms with Crippen LogP contribution in [-0.2, 0) is 0 Å². The number of rotatable bonds is 4. The van der Waals surface area contributed by atoms with E-state index < -0.39 is 0 Å². The molecule has 0 N–H and O–H groups in total. The lowest BCUT2D eigenvalue weighted by Crippen LogP contribution is -2.06. The molecule has 0 bridgehead atoms. The molecule has 10 rings (SSSR count). The standard InChI is InChI=1S/C43H27N3O/c1-3-12-26(13-4-1)41-44-42(27-14-5-2-6-15-27)46-43(45-41)35-21-11-23-37-40(35)39-33(20-10-22-36(39)47-37)30-24-25-34-29-17-8-7-16-28(29)31-18-9-19-32(30)38(31)34/h1-19,21-25,33H,20H2. The second-order valence-electron chi connectivity index (χ2n) is 12.3. The van der Waals surface area contributed by atoms with Crippen molar-refractivity contribution in [3.8, 4) is 56.4 Å². The lowest BCUT2D eigenvalue weighted by atomic mass is 9.80. The van der Waals surface area contributed by atoms with E-state index in [9.17, 15) is 0 Å². The van der Waals surface area contributed by atoms with E-state index in [4.69, 9.17) is 19.4 Å². The van der Waals surface area contributed by atoms with E-state index in [-0.39, 0.29) is 5.92 Å². The van der Waals surface area contributed by atoms with Gasteiger partial charge in [-0.05, 0) is 57.2 Å². The molecule has 2 aliphatic carbocycles. The fourth-order valence-electron chi connectivity index (χ4n) is 7.62. The third kappa shape index (κ3) is 3.98. The van der Waals surface area contributed by atoms with Gasteiger partial charge in [0.1, 0.15) is 11.3 Å². The van der Waals surface area contributed by atoms with Gasteiger partial charge >= 0.3 is 0 Å². The van der Waals surface area contributed by atoms with E-state index in [1.807, 2.05) is 66.7 Å². The van der Waals surface area contributed by atoms with Crippen LogP contribution in [0.15, 0.2) is 144 Å². The lowest BCUT2D eigenvalue weighted by Gasteiger charge is -2.22. The van der Waals surface area contributed by atoms with Crippen molar-refractivity contribution in [3.63, 3.8) is 0 Å². The molecule has 8 aromatic rings. The van der Waals surface area contributed by atoms with Crippen LogP contribution >= 0.6 is 0 Å². The summed E-state index contributed by atoms with van der Waals surface area (Å²) >= 11 is 0. The first kappa shape index (κ1) is 26.1. The van der Waals surface area contributed by atoms with Crippen molar-refractivity contribution in [2.45, 2.75) is 12.3 Å². The van der Waals surface area contributed by atoms with Crippen LogP contribution in [0.3, 0.4) is 0 Å². The molecule has 0 saturated carbocycles. The highest BCUT2D eigenvalue weighted by molar-refractivity contribution is 6.16. The van der Waals surface area contributed by atoms with Gasteiger partial charge in [-0.3, -0.25) is 0 Å². The first-order valence-electron chi connectivity index (χ1n) is 16.1. The molecule has 1 atom stereocenters. The summed E-state index contributed by atoms with van der Waals surface area (Å²) in [5.41, 5.74) is 11.4. The monoisotopic (exact) mass is 601 g/mol. The predicted octanol–water partition coefficient (Wildman–Crippen LogP) is 11.0. The zero-order valence-corrected chi connectivity index (χ0v) is 25.4. The zero-order valence-electron chi connectivity index (χ0n) is 25.4. The summed E-state index contributed by atoms with van der Waals surface area (Å²) in [5, 5.41) is 3.70. The smallest absolute Gasteiger partial charge is 0.164 e. The number of hydrogen-bond acceptors (Lipinski definition) is 4. The normalized spacial score (nSPS) is 14.4. The summed E-state index contributed by atoms with van der Waals surface area (Å²) < 4.78 is 6.60. The molecule has 6 aromatic carbocycles. The van der Waals surface area contributed by atoms with Crippen molar-refractivity contribution in [2.24, 2.45) is 0 Å². The summed E-state index contributed by atoms with van der Waals surface area (Å²) in [6, 6.07) is 46.6. The average Bonchev–Trinajstić information content (AvgIpc) is 3.69. The van der Waals surface area contributed by atoms with Gasteiger partial charge in [0.25, 0.3) is 0 Å². The molecular formula is C43H27N3O. The topological polar surface area (TPSA) is 51.8 Å². The van der Waals surface area contributed by atoms with Crippen molar-refractivity contribution < 1.29 is 4.42 Å². The lowest BCUT2D eigenvalue weighted by molar-refractivity contribution is 0.590. The van der Waals surface area contributed by atoms with Crippen LogP contribution in [0.25, 0.3) is 84.2 Å². The van der Waals surface area contributed by atoms with Gasteiger partial charge in [-0.2, -0.15) is 0 Å². The largest absolute Gasteiger partial charge is 0.456 e. The maximum atomic E-state index is 6.60. The highest BCUT2D eigenvalue weighted by Gasteiger charge is 2.31. The molecule has 2 aliphatic rings. The molecule has 220 valence electrons. The molecule has 0 spiro atoms. The molecule has 2 heterocycles. The molecule has 0 radical (unpaired) electrons. The van der Waals surface area contributed by atoms with Crippen LogP contribution in [0.1, 0.15) is 29.2 Å². The van der Waals surface area contributed by atoms with Crippen molar-refractivity contribution >= 4 is 27.8 Å². The second-order valence-corrected chi connectivity index (χ2v) is 12.3. The molecular weight excluding hydrogens is 574 g/mol. The molecule has 0 saturated heterocycles. The number of furan rings is 1. The summed E-state index contributed by atoms with van der Waals surface area (Å²) in [6.45, 7) is 0. The first-order chi connectivity index (χ1) is 23.3. The Bertz CT molecular complexity index is 2460. The maximum absolute atomic E-state index is 6.60. The summed E-state index contributed by atoms with van der Waals surface area (Å²) in [7, 11) is 0. The number of allylic oxidation sites excluding steroid dienone is 1. The summed E-state index contributed by atoms with van der Waals surface area (Å²) in [5.74, 6) is 2.93. The second kappa shape index (κ2) is 10.2. The molecule has 0 aliphatic heterocycles. The number of hydrogen-bond donors (Lipinski definition) is 0. The Morgan fingerprint density at radius 1 is 0.489 bits per heavy atom. The van der Waals surface area contributed by atoms with Gasteiger partial charge < -0.3 is 4.42 Å². The maximum Gasteiger partial charge on any atom is 0.164 e. The Labute approximate surface area is 271 Å². The van der Waals surface area contributed by atoms with Crippen molar-refractivity contribution in [1.82, 2.24) is 15.0 Å². The number of fused-ring (bicyclic) bond motifs is 6. The van der Waals surface area contributed by atoms with E-state index in [1.165, 1.54) is 44.2 Å². The van der Waals surface area contributed by atoms with E-state index in [0.717, 1.165) is 39.8 Å². The van der Waals surface area contributed by atoms with Crippen LogP contribution in [0, 0.1) is 0 Å². The van der Waals surface area contributed by atoms with Crippen LogP contribution in [-0.4, -0.2) is 15.0 Å². The van der Waals surface area contributed by atoms with Crippen molar-refractivity contribution in [3.05, 3.63) is 156 Å². The van der Waals surface area contributed by atoms with Crippen molar-refractivity contribution in [2.75, 3.05) is 0 Å². The third-order valence-corrected chi connectivity index (χ3v) is 9.67. The highest BCUT2D eigenvalue weighted by atomic mass is 16.3. The van der Waals surface area contributed by atoms with E-state index >= 15 is 0 Å². The molecule has 47 heavy (non-hydrogen) atoms. The van der Waals surface area contributed by atoms with Gasteiger partial charge in [-0.15, -0.1) is 0 Å². The Hall–Kier alpha value is -6.13. The van der Waals surface area contributed by atoms with Crippen molar-refractivity contribution in [1.29, 1.82) is 0 Å². The third-order valence-electron chi connectivity index (χ3n) is 9.67. The molecule has 2 aromatic heterocycles. The number of aromatic nitrogens is 3. The summed E-state index contributed by atoms with van der Waals surface area (Å²) in [4.78, 5) is 15.1. The predicted molar refractivity (Wildman–Crippen MR) is 190 cm³/mol. The first-order valence-corrected chi connectivity index (χ1v) is 16.1. The minimum Gasteiger partial charge on any atom is -0.456 e. The Kier molecular flexibility index (Phi) is 5.67. The van der Waals surface area contributed by atoms with Gasteiger partial charge in [-0.1, -0.05) is 133 Å². The van der Waals surface area contributed by atoms with Gasteiger partial charge in [-0.25, -0.2) is 15.0 Å². The quantitative estimate of drug-likeness (QED) is 0.201. The van der Waals surface area contributed by atoms with E-state index in [2.05, 4.69) is 78.9 Å². The van der Waals surface area contributed by atoms with Crippen LogP contribution in [0.2, 0.25) is 0 Å². The average molecular weight is 602 g/mol. The number of benzene rings is 6. The molecule has 0 fully saturated rings. The Morgan fingerprint density at radius 2 is 1.09 bits per heavy atom. The minimum atomic E-state index is 0.106. The fourth-order valence-corrected chi connectivity index (χ4v) is 7.62. The van der Waals surface area contributed by atoms with Gasteiger partial charge in [0.05, 0.1) is 0 Å². The molecule has 0 amide bonds. The zero-order chi connectivity index (χ0) is 30.9. The minimum absolute atomic E-state index is 0.106. The SMILES string of the molecule is C1=Cc2oc3cccc(-c4nc(-c5ccccc5)nc(-c5ccccc5)n4)c3c2C(c2ccc3c4c(cccc24)-c2ccccc2-3)C1. The molecule has 4 nitrogen and oxygen atoms in total.